The average molecular weight is 394 g/mol. The minimum atomic E-state index is 0.349. The Balaban J connectivity index is 1.58. The number of benzene rings is 2. The van der Waals surface area contributed by atoms with E-state index in [2.05, 4.69) is 76.0 Å². The van der Waals surface area contributed by atoms with Crippen molar-refractivity contribution in [3.63, 3.8) is 0 Å². The van der Waals surface area contributed by atoms with Crippen LogP contribution >= 0.6 is 12.2 Å². The summed E-state index contributed by atoms with van der Waals surface area (Å²) in [5.74, 6) is 0.958. The Hall–Kier alpha value is -2.28. The molecule has 4 rings (SSSR count). The highest BCUT2D eigenvalue weighted by Crippen LogP contribution is 2.25. The molecule has 0 amide bonds. The summed E-state index contributed by atoms with van der Waals surface area (Å²) in [5.41, 5.74) is 2.59. The van der Waals surface area contributed by atoms with Crippen LogP contribution in [-0.2, 0) is 13.2 Å². The summed E-state index contributed by atoms with van der Waals surface area (Å²) >= 11 is 5.79. The Kier molecular flexibility index (Phi) is 5.71. The standard InChI is InChI=1S/C22H27N5S/c1-18-23-27(22(28)26(18)15-19-9-5-3-6-10-19)17-25-14-13-24(2)16-21(25)20-11-7-4-8-12-20/h3-12,21H,13-17H2,1-2H3/t21-/m1/s1. The van der Waals surface area contributed by atoms with E-state index in [-0.39, 0.29) is 0 Å². The molecule has 5 nitrogen and oxygen atoms in total. The maximum Gasteiger partial charge on any atom is 0.199 e. The lowest BCUT2D eigenvalue weighted by Gasteiger charge is -2.40. The van der Waals surface area contributed by atoms with Crippen LogP contribution in [0.2, 0.25) is 0 Å². The fourth-order valence-electron chi connectivity index (χ4n) is 3.88. The summed E-state index contributed by atoms with van der Waals surface area (Å²) in [6.07, 6.45) is 0. The highest BCUT2D eigenvalue weighted by Gasteiger charge is 2.27. The molecule has 1 atom stereocenters. The van der Waals surface area contributed by atoms with E-state index in [1.807, 2.05) is 17.7 Å². The molecule has 1 fully saturated rings. The fourth-order valence-corrected chi connectivity index (χ4v) is 4.17. The summed E-state index contributed by atoms with van der Waals surface area (Å²) in [4.78, 5) is 4.89. The van der Waals surface area contributed by atoms with E-state index in [0.717, 1.165) is 43.4 Å². The van der Waals surface area contributed by atoms with Gasteiger partial charge in [-0.1, -0.05) is 60.7 Å². The molecule has 0 spiro atoms. The van der Waals surface area contributed by atoms with Crippen LogP contribution in [0.1, 0.15) is 23.0 Å². The third-order valence-corrected chi connectivity index (χ3v) is 5.92. The molecule has 0 aliphatic carbocycles. The maximum atomic E-state index is 5.79. The third kappa shape index (κ3) is 4.09. The van der Waals surface area contributed by atoms with Crippen LogP contribution in [0.25, 0.3) is 0 Å². The molecule has 6 heteroatoms. The lowest BCUT2D eigenvalue weighted by atomic mass is 10.0. The summed E-state index contributed by atoms with van der Waals surface area (Å²) < 4.78 is 4.89. The highest BCUT2D eigenvalue weighted by molar-refractivity contribution is 7.71. The monoisotopic (exact) mass is 393 g/mol. The Morgan fingerprint density at radius 2 is 1.68 bits per heavy atom. The van der Waals surface area contributed by atoms with E-state index in [1.54, 1.807) is 0 Å². The molecule has 1 aliphatic heterocycles. The first-order chi connectivity index (χ1) is 13.6. The van der Waals surface area contributed by atoms with Crippen molar-refractivity contribution in [2.75, 3.05) is 26.7 Å². The van der Waals surface area contributed by atoms with Gasteiger partial charge in [0.05, 0.1) is 13.2 Å². The van der Waals surface area contributed by atoms with Crippen molar-refractivity contribution >= 4 is 12.2 Å². The van der Waals surface area contributed by atoms with Gasteiger partial charge in [-0.15, -0.1) is 0 Å². The first kappa shape index (κ1) is 19.1. The SMILES string of the molecule is Cc1nn(CN2CCN(C)C[C@@H]2c2ccccc2)c(=S)n1Cc1ccccc1. The van der Waals surface area contributed by atoms with Crippen molar-refractivity contribution in [1.29, 1.82) is 0 Å². The zero-order chi connectivity index (χ0) is 19.5. The van der Waals surface area contributed by atoms with Crippen molar-refractivity contribution in [3.8, 4) is 0 Å². The van der Waals surface area contributed by atoms with Gasteiger partial charge in [0.25, 0.3) is 0 Å². The Bertz CT molecular complexity index is 964. The first-order valence-electron chi connectivity index (χ1n) is 9.77. The van der Waals surface area contributed by atoms with Crippen LogP contribution in [0, 0.1) is 11.7 Å². The number of piperazine rings is 1. The predicted molar refractivity (Wildman–Crippen MR) is 115 cm³/mol. The van der Waals surface area contributed by atoms with E-state index in [4.69, 9.17) is 17.3 Å². The number of hydrogen-bond donors (Lipinski definition) is 0. The molecule has 28 heavy (non-hydrogen) atoms. The molecule has 1 aromatic heterocycles. The molecule has 146 valence electrons. The molecule has 1 saturated heterocycles. The quantitative estimate of drug-likeness (QED) is 0.618. The second kappa shape index (κ2) is 8.39. The number of rotatable bonds is 5. The zero-order valence-corrected chi connectivity index (χ0v) is 17.3. The molecule has 0 unspecified atom stereocenters. The van der Waals surface area contributed by atoms with Gasteiger partial charge in [0.15, 0.2) is 4.77 Å². The van der Waals surface area contributed by atoms with Crippen molar-refractivity contribution in [2.45, 2.75) is 26.2 Å². The largest absolute Gasteiger partial charge is 0.303 e. The normalized spacial score (nSPS) is 18.4. The minimum Gasteiger partial charge on any atom is -0.303 e. The first-order valence-corrected chi connectivity index (χ1v) is 10.2. The van der Waals surface area contributed by atoms with Crippen molar-refractivity contribution < 1.29 is 0 Å². The number of aromatic nitrogens is 3. The van der Waals surface area contributed by atoms with Gasteiger partial charge in [0.1, 0.15) is 5.82 Å². The lowest BCUT2D eigenvalue weighted by Crippen LogP contribution is -2.47. The molecule has 2 aromatic carbocycles. The van der Waals surface area contributed by atoms with E-state index in [1.165, 1.54) is 11.1 Å². The maximum absolute atomic E-state index is 5.79. The van der Waals surface area contributed by atoms with Crippen LogP contribution in [-0.4, -0.2) is 50.8 Å². The van der Waals surface area contributed by atoms with Crippen LogP contribution in [0.5, 0.6) is 0 Å². The highest BCUT2D eigenvalue weighted by atomic mass is 32.1. The van der Waals surface area contributed by atoms with Gasteiger partial charge in [0, 0.05) is 25.7 Å². The fraction of sp³-hybridized carbons (Fsp3) is 0.364. The third-order valence-electron chi connectivity index (χ3n) is 5.49. The van der Waals surface area contributed by atoms with Gasteiger partial charge in [-0.2, -0.15) is 5.10 Å². The number of aryl methyl sites for hydroxylation is 1. The van der Waals surface area contributed by atoms with Gasteiger partial charge in [-0.25, -0.2) is 4.68 Å². The topological polar surface area (TPSA) is 29.2 Å². The molecule has 3 aromatic rings. The molecular formula is C22H27N5S. The van der Waals surface area contributed by atoms with Crippen molar-refractivity contribution in [2.24, 2.45) is 0 Å². The molecule has 0 radical (unpaired) electrons. The Morgan fingerprint density at radius 3 is 2.39 bits per heavy atom. The predicted octanol–water partition coefficient (Wildman–Crippen LogP) is 3.72. The second-order valence-corrected chi connectivity index (χ2v) is 7.91. The zero-order valence-electron chi connectivity index (χ0n) is 16.5. The smallest absolute Gasteiger partial charge is 0.199 e. The van der Waals surface area contributed by atoms with Crippen LogP contribution in [0.15, 0.2) is 60.7 Å². The van der Waals surface area contributed by atoms with Gasteiger partial charge in [-0.05, 0) is 37.3 Å². The molecular weight excluding hydrogens is 366 g/mol. The number of likely N-dealkylation sites (N-methyl/N-ethyl adjacent to an activating group) is 1. The van der Waals surface area contributed by atoms with Crippen LogP contribution < -0.4 is 0 Å². The Labute approximate surface area is 171 Å². The summed E-state index contributed by atoms with van der Waals surface area (Å²) in [7, 11) is 2.19. The van der Waals surface area contributed by atoms with Gasteiger partial charge < -0.3 is 4.90 Å². The van der Waals surface area contributed by atoms with Crippen LogP contribution in [0.4, 0.5) is 0 Å². The number of hydrogen-bond acceptors (Lipinski definition) is 4. The molecule has 2 heterocycles. The minimum absolute atomic E-state index is 0.349. The van der Waals surface area contributed by atoms with Gasteiger partial charge >= 0.3 is 0 Å². The molecule has 0 bridgehead atoms. The van der Waals surface area contributed by atoms with Crippen LogP contribution in [0.3, 0.4) is 0 Å². The molecule has 0 N–H and O–H groups in total. The van der Waals surface area contributed by atoms with Crippen molar-refractivity contribution in [1.82, 2.24) is 24.1 Å². The number of nitrogens with zero attached hydrogens (tertiary/aromatic N) is 5. The summed E-state index contributed by atoms with van der Waals surface area (Å²) in [6.45, 7) is 6.59. The van der Waals surface area contributed by atoms with Gasteiger partial charge in [-0.3, -0.25) is 9.47 Å². The van der Waals surface area contributed by atoms with E-state index in [0.29, 0.717) is 6.04 Å². The van der Waals surface area contributed by atoms with Gasteiger partial charge in [0.2, 0.25) is 0 Å². The second-order valence-electron chi connectivity index (χ2n) is 7.54. The van der Waals surface area contributed by atoms with E-state index < -0.39 is 0 Å². The van der Waals surface area contributed by atoms with E-state index in [9.17, 15) is 0 Å². The average Bonchev–Trinajstić information content (AvgIpc) is 2.98. The Morgan fingerprint density at radius 1 is 1.00 bits per heavy atom. The van der Waals surface area contributed by atoms with E-state index >= 15 is 0 Å². The summed E-state index contributed by atoms with van der Waals surface area (Å²) in [6, 6.07) is 21.5. The lowest BCUT2D eigenvalue weighted by molar-refractivity contribution is 0.0581. The molecule has 0 saturated carbocycles. The molecule has 1 aliphatic rings. The van der Waals surface area contributed by atoms with Crippen molar-refractivity contribution in [3.05, 3.63) is 82.4 Å². The summed E-state index contributed by atoms with van der Waals surface area (Å²) in [5, 5.41) is 4.77.